The molecular formula is C13H16ClFN2O3. The standard InChI is InChI=1S/C13H16ClFN2O3/c1-2-8(18)6-7-16-12(19)13(20)17-10-5-3-4-9(14)11(10)15/h3-5,8,18H,2,6-7H2,1H3,(H,16,19)(H,17,20). The Bertz CT molecular complexity index is 497. The van der Waals surface area contributed by atoms with Crippen LogP contribution in [0, 0.1) is 5.82 Å². The smallest absolute Gasteiger partial charge is 0.313 e. The zero-order valence-corrected chi connectivity index (χ0v) is 11.7. The lowest BCUT2D eigenvalue weighted by molar-refractivity contribution is -0.136. The molecule has 0 saturated heterocycles. The maximum atomic E-state index is 13.5. The van der Waals surface area contributed by atoms with Crippen molar-refractivity contribution >= 4 is 29.1 Å². The van der Waals surface area contributed by atoms with Crippen molar-refractivity contribution in [1.82, 2.24) is 5.32 Å². The van der Waals surface area contributed by atoms with Crippen molar-refractivity contribution in [2.45, 2.75) is 25.9 Å². The van der Waals surface area contributed by atoms with Gasteiger partial charge in [-0.25, -0.2) is 4.39 Å². The second kappa shape index (κ2) is 7.81. The van der Waals surface area contributed by atoms with Gasteiger partial charge in [0, 0.05) is 6.54 Å². The first kappa shape index (κ1) is 16.4. The second-order valence-corrected chi connectivity index (χ2v) is 4.57. The number of amides is 2. The maximum Gasteiger partial charge on any atom is 0.313 e. The average Bonchev–Trinajstić information content (AvgIpc) is 2.43. The van der Waals surface area contributed by atoms with Gasteiger partial charge in [-0.2, -0.15) is 0 Å². The Morgan fingerprint density at radius 1 is 1.40 bits per heavy atom. The van der Waals surface area contributed by atoms with Crippen molar-refractivity contribution in [3.8, 4) is 0 Å². The van der Waals surface area contributed by atoms with Gasteiger partial charge in [0.2, 0.25) is 0 Å². The fraction of sp³-hybridized carbons (Fsp3) is 0.385. The van der Waals surface area contributed by atoms with Gasteiger partial charge >= 0.3 is 11.8 Å². The second-order valence-electron chi connectivity index (χ2n) is 4.16. The molecule has 3 N–H and O–H groups in total. The van der Waals surface area contributed by atoms with Gasteiger partial charge in [0.15, 0.2) is 5.82 Å². The van der Waals surface area contributed by atoms with Crippen LogP contribution >= 0.6 is 11.6 Å². The number of halogens is 2. The summed E-state index contributed by atoms with van der Waals surface area (Å²) in [4.78, 5) is 23.0. The van der Waals surface area contributed by atoms with E-state index in [1.165, 1.54) is 18.2 Å². The largest absolute Gasteiger partial charge is 0.393 e. The van der Waals surface area contributed by atoms with Crippen LogP contribution in [0.5, 0.6) is 0 Å². The van der Waals surface area contributed by atoms with Gasteiger partial charge in [-0.05, 0) is 25.0 Å². The monoisotopic (exact) mass is 302 g/mol. The number of benzene rings is 1. The molecule has 0 aliphatic rings. The van der Waals surface area contributed by atoms with Gasteiger partial charge in [-0.15, -0.1) is 0 Å². The van der Waals surface area contributed by atoms with Crippen molar-refractivity contribution in [3.63, 3.8) is 0 Å². The van der Waals surface area contributed by atoms with E-state index in [2.05, 4.69) is 10.6 Å². The van der Waals surface area contributed by atoms with E-state index in [1.807, 2.05) is 0 Å². The van der Waals surface area contributed by atoms with E-state index in [9.17, 15) is 19.1 Å². The average molecular weight is 303 g/mol. The molecule has 0 aromatic heterocycles. The summed E-state index contributed by atoms with van der Waals surface area (Å²) < 4.78 is 13.5. The van der Waals surface area contributed by atoms with E-state index in [4.69, 9.17) is 11.6 Å². The van der Waals surface area contributed by atoms with Crippen LogP contribution in [0.15, 0.2) is 18.2 Å². The van der Waals surface area contributed by atoms with Crippen molar-refractivity contribution in [1.29, 1.82) is 0 Å². The van der Waals surface area contributed by atoms with E-state index in [0.717, 1.165) is 0 Å². The number of hydrogen-bond donors (Lipinski definition) is 3. The zero-order chi connectivity index (χ0) is 15.1. The van der Waals surface area contributed by atoms with Crippen LogP contribution in [0.4, 0.5) is 10.1 Å². The Hall–Kier alpha value is -1.66. The first-order valence-electron chi connectivity index (χ1n) is 6.17. The molecule has 110 valence electrons. The summed E-state index contributed by atoms with van der Waals surface area (Å²) in [7, 11) is 0. The number of carbonyl (C=O) groups excluding carboxylic acids is 2. The van der Waals surface area contributed by atoms with E-state index >= 15 is 0 Å². The lowest BCUT2D eigenvalue weighted by Crippen LogP contribution is -2.37. The Morgan fingerprint density at radius 2 is 2.10 bits per heavy atom. The first-order valence-corrected chi connectivity index (χ1v) is 6.54. The summed E-state index contributed by atoms with van der Waals surface area (Å²) >= 11 is 5.56. The van der Waals surface area contributed by atoms with E-state index in [-0.39, 0.29) is 17.3 Å². The highest BCUT2D eigenvalue weighted by Gasteiger charge is 2.16. The van der Waals surface area contributed by atoms with Gasteiger partial charge in [-0.1, -0.05) is 24.6 Å². The molecule has 5 nitrogen and oxygen atoms in total. The zero-order valence-electron chi connectivity index (χ0n) is 11.0. The molecule has 2 amide bonds. The van der Waals surface area contributed by atoms with E-state index in [1.54, 1.807) is 6.92 Å². The van der Waals surface area contributed by atoms with Gasteiger partial charge in [0.05, 0.1) is 16.8 Å². The lowest BCUT2D eigenvalue weighted by atomic mass is 10.2. The summed E-state index contributed by atoms with van der Waals surface area (Å²) in [6.45, 7) is 1.97. The SMILES string of the molecule is CCC(O)CCNC(=O)C(=O)Nc1cccc(Cl)c1F. The first-order chi connectivity index (χ1) is 9.45. The highest BCUT2D eigenvalue weighted by atomic mass is 35.5. The summed E-state index contributed by atoms with van der Waals surface area (Å²) in [5.74, 6) is -2.68. The molecule has 7 heteroatoms. The Balaban J connectivity index is 2.50. The van der Waals surface area contributed by atoms with Crippen molar-refractivity contribution in [3.05, 3.63) is 29.0 Å². The highest BCUT2D eigenvalue weighted by Crippen LogP contribution is 2.21. The van der Waals surface area contributed by atoms with Crippen molar-refractivity contribution in [2.24, 2.45) is 0 Å². The normalized spacial score (nSPS) is 11.8. The van der Waals surface area contributed by atoms with Crippen LogP contribution in [-0.4, -0.2) is 29.6 Å². The van der Waals surface area contributed by atoms with Crippen LogP contribution in [0.2, 0.25) is 5.02 Å². The number of rotatable bonds is 5. The maximum absolute atomic E-state index is 13.5. The molecule has 20 heavy (non-hydrogen) atoms. The van der Waals surface area contributed by atoms with Crippen LogP contribution in [0.3, 0.4) is 0 Å². The minimum Gasteiger partial charge on any atom is -0.393 e. The highest BCUT2D eigenvalue weighted by molar-refractivity contribution is 6.39. The number of aliphatic hydroxyl groups excluding tert-OH is 1. The molecule has 1 aromatic rings. The molecule has 0 bridgehead atoms. The molecular weight excluding hydrogens is 287 g/mol. The molecule has 1 rings (SSSR count). The summed E-state index contributed by atoms with van der Waals surface area (Å²) in [6, 6.07) is 4.09. The van der Waals surface area contributed by atoms with Gasteiger partial charge in [-0.3, -0.25) is 9.59 Å². The molecule has 0 saturated carbocycles. The molecule has 1 unspecified atom stereocenters. The predicted octanol–water partition coefficient (Wildman–Crippen LogP) is 1.69. The van der Waals surface area contributed by atoms with E-state index in [0.29, 0.717) is 12.8 Å². The Morgan fingerprint density at radius 3 is 2.75 bits per heavy atom. The van der Waals surface area contributed by atoms with Crippen LogP contribution in [-0.2, 0) is 9.59 Å². The minimum absolute atomic E-state index is 0.144. The Labute approximate surface area is 121 Å². The molecule has 0 radical (unpaired) electrons. The van der Waals surface area contributed by atoms with Crippen LogP contribution in [0.1, 0.15) is 19.8 Å². The Kier molecular flexibility index (Phi) is 6.41. The third kappa shape index (κ3) is 4.79. The predicted molar refractivity (Wildman–Crippen MR) is 74.0 cm³/mol. The summed E-state index contributed by atoms with van der Waals surface area (Å²) in [5, 5.41) is 13.6. The summed E-state index contributed by atoms with van der Waals surface area (Å²) in [6.07, 6.45) is 0.389. The molecule has 0 fully saturated rings. The van der Waals surface area contributed by atoms with Crippen molar-refractivity contribution < 1.29 is 19.1 Å². The van der Waals surface area contributed by atoms with E-state index < -0.39 is 23.7 Å². The van der Waals surface area contributed by atoms with Crippen LogP contribution < -0.4 is 10.6 Å². The van der Waals surface area contributed by atoms with Gasteiger partial charge in [0.1, 0.15) is 0 Å². The quantitative estimate of drug-likeness (QED) is 0.724. The minimum atomic E-state index is -0.989. The van der Waals surface area contributed by atoms with Gasteiger partial charge in [0.25, 0.3) is 0 Å². The summed E-state index contributed by atoms with van der Waals surface area (Å²) in [5.41, 5.74) is -0.161. The fourth-order valence-electron chi connectivity index (χ4n) is 1.42. The van der Waals surface area contributed by atoms with Gasteiger partial charge < -0.3 is 15.7 Å². The molecule has 0 aliphatic carbocycles. The third-order valence-electron chi connectivity index (χ3n) is 2.64. The molecule has 0 spiro atoms. The lowest BCUT2D eigenvalue weighted by Gasteiger charge is -2.09. The number of carbonyl (C=O) groups is 2. The third-order valence-corrected chi connectivity index (χ3v) is 2.93. The number of anilines is 1. The van der Waals surface area contributed by atoms with Crippen LogP contribution in [0.25, 0.3) is 0 Å². The number of hydrogen-bond acceptors (Lipinski definition) is 3. The molecule has 1 aromatic carbocycles. The molecule has 0 heterocycles. The molecule has 0 aliphatic heterocycles. The molecule has 1 atom stereocenters. The topological polar surface area (TPSA) is 78.4 Å². The fourth-order valence-corrected chi connectivity index (χ4v) is 1.59. The number of nitrogens with one attached hydrogen (secondary N) is 2. The number of aliphatic hydroxyl groups is 1. The van der Waals surface area contributed by atoms with Crippen molar-refractivity contribution in [2.75, 3.05) is 11.9 Å².